The quantitative estimate of drug-likeness (QED) is 0.133. The number of hydrogen-bond donors (Lipinski definition) is 2. The van der Waals surface area contributed by atoms with Crippen molar-refractivity contribution in [3.63, 3.8) is 0 Å². The number of carbonyl (C=O) groups excluding carboxylic acids is 1. The third kappa shape index (κ3) is 6.89. The average Bonchev–Trinajstić information content (AvgIpc) is 3.28. The number of aliphatic hydroxyl groups excluding tert-OH is 1. The molecule has 39 heavy (non-hydrogen) atoms. The van der Waals surface area contributed by atoms with Crippen LogP contribution in [0.3, 0.4) is 0 Å². The van der Waals surface area contributed by atoms with E-state index in [0.717, 1.165) is 5.56 Å². The molecule has 0 saturated heterocycles. The highest BCUT2D eigenvalue weighted by molar-refractivity contribution is 6.30. The number of benzene rings is 3. The molecular weight excluding hydrogens is 518 g/mol. The van der Waals surface area contributed by atoms with Gasteiger partial charge in [-0.15, -0.1) is 0 Å². The van der Waals surface area contributed by atoms with Gasteiger partial charge in [-0.2, -0.15) is 0 Å². The molecule has 1 amide bonds. The van der Waals surface area contributed by atoms with Crippen molar-refractivity contribution >= 4 is 29.1 Å². The fourth-order valence-corrected chi connectivity index (χ4v) is 4.49. The van der Waals surface area contributed by atoms with Crippen LogP contribution in [0.1, 0.15) is 30.0 Å². The Hall–Kier alpha value is -4.04. The average molecular weight is 548 g/mol. The fraction of sp³-hybridized carbons (Fsp3) is 0.310. The van der Waals surface area contributed by atoms with Gasteiger partial charge in [-0.3, -0.25) is 4.79 Å². The number of nitrogens with zero attached hydrogens (tertiary/aromatic N) is 4. The zero-order valence-electron chi connectivity index (χ0n) is 21.6. The van der Waals surface area contributed by atoms with Crippen molar-refractivity contribution in [1.29, 1.82) is 0 Å². The molecule has 0 unspecified atom stereocenters. The van der Waals surface area contributed by atoms with Crippen LogP contribution in [0.4, 0.5) is 5.69 Å². The number of ether oxygens (including phenoxy) is 2. The molecule has 0 fully saturated rings. The Balaban J connectivity index is 1.60. The number of rotatable bonds is 12. The first-order valence-electron chi connectivity index (χ1n) is 12.7. The molecule has 0 saturated carbocycles. The summed E-state index contributed by atoms with van der Waals surface area (Å²) in [5.41, 5.74) is 10.6. The number of azide groups is 1. The van der Waals surface area contributed by atoms with Crippen molar-refractivity contribution in [3.8, 4) is 5.75 Å². The summed E-state index contributed by atoms with van der Waals surface area (Å²) in [6.07, 6.45) is 0.754. The molecule has 3 aromatic carbocycles. The molecule has 0 aromatic heterocycles. The van der Waals surface area contributed by atoms with E-state index in [1.165, 1.54) is 0 Å². The second kappa shape index (κ2) is 13.2. The maximum absolute atomic E-state index is 13.8. The van der Waals surface area contributed by atoms with E-state index in [0.29, 0.717) is 59.5 Å². The van der Waals surface area contributed by atoms with E-state index in [9.17, 15) is 4.79 Å². The molecule has 4 rings (SSSR count). The lowest BCUT2D eigenvalue weighted by molar-refractivity contribution is -0.128. The van der Waals surface area contributed by atoms with Gasteiger partial charge in [-0.25, -0.2) is 4.99 Å². The van der Waals surface area contributed by atoms with Crippen molar-refractivity contribution < 1.29 is 19.4 Å². The van der Waals surface area contributed by atoms with Crippen molar-refractivity contribution in [2.75, 3.05) is 19.8 Å². The highest BCUT2D eigenvalue weighted by atomic mass is 35.5. The van der Waals surface area contributed by atoms with E-state index in [-0.39, 0.29) is 18.9 Å². The summed E-state index contributed by atoms with van der Waals surface area (Å²) in [4.78, 5) is 21.6. The fourth-order valence-electron chi connectivity index (χ4n) is 4.36. The zero-order chi connectivity index (χ0) is 27.7. The molecule has 1 heterocycles. The summed E-state index contributed by atoms with van der Waals surface area (Å²) in [6, 6.07) is 21.9. The molecule has 1 aliphatic heterocycles. The number of hydrogen-bond acceptors (Lipinski definition) is 6. The van der Waals surface area contributed by atoms with Gasteiger partial charge in [0.2, 0.25) is 5.90 Å². The topological polar surface area (TPSA) is 129 Å². The largest absolute Gasteiger partial charge is 0.494 e. The Morgan fingerprint density at radius 3 is 2.64 bits per heavy atom. The van der Waals surface area contributed by atoms with E-state index >= 15 is 0 Å². The number of carbonyl (C=O) groups is 1. The van der Waals surface area contributed by atoms with Crippen molar-refractivity contribution in [2.45, 2.75) is 37.8 Å². The number of aliphatic hydroxyl groups is 1. The van der Waals surface area contributed by atoms with Gasteiger partial charge in [0.05, 0.1) is 6.61 Å². The molecular formula is C29H30ClN5O4. The molecule has 1 aliphatic rings. The normalized spacial score (nSPS) is 18.0. The number of amides is 1. The zero-order valence-corrected chi connectivity index (χ0v) is 22.3. The third-order valence-corrected chi connectivity index (χ3v) is 6.80. The number of aliphatic imine (C=N–C) groups is 1. The molecule has 9 nitrogen and oxygen atoms in total. The summed E-state index contributed by atoms with van der Waals surface area (Å²) < 4.78 is 11.8. The van der Waals surface area contributed by atoms with Gasteiger partial charge in [-0.1, -0.05) is 53.1 Å². The van der Waals surface area contributed by atoms with E-state index in [4.69, 9.17) is 36.7 Å². The lowest BCUT2D eigenvalue weighted by Crippen LogP contribution is -2.52. The van der Waals surface area contributed by atoms with Crippen molar-refractivity contribution in [1.82, 2.24) is 5.32 Å². The van der Waals surface area contributed by atoms with Gasteiger partial charge in [0.1, 0.15) is 11.9 Å². The maximum Gasteiger partial charge on any atom is 0.252 e. The summed E-state index contributed by atoms with van der Waals surface area (Å²) in [6.45, 7) is 2.69. The van der Waals surface area contributed by atoms with Crippen LogP contribution >= 0.6 is 11.6 Å². The molecule has 10 heteroatoms. The molecule has 0 aliphatic carbocycles. The van der Waals surface area contributed by atoms with Gasteiger partial charge in [-0.05, 0) is 66.4 Å². The van der Waals surface area contributed by atoms with E-state index in [1.807, 2.05) is 55.5 Å². The monoisotopic (exact) mass is 547 g/mol. The first-order chi connectivity index (χ1) is 18.9. The minimum absolute atomic E-state index is 0.0628. The molecule has 3 aromatic rings. The smallest absolute Gasteiger partial charge is 0.252 e. The Kier molecular flexibility index (Phi) is 9.44. The Labute approximate surface area is 232 Å². The van der Waals surface area contributed by atoms with E-state index < -0.39 is 11.6 Å². The van der Waals surface area contributed by atoms with Crippen molar-refractivity contribution in [3.05, 3.63) is 105 Å². The summed E-state index contributed by atoms with van der Waals surface area (Å²) in [7, 11) is 0. The molecule has 2 atom stereocenters. The molecule has 0 bridgehead atoms. The van der Waals surface area contributed by atoms with Crippen LogP contribution in [0.25, 0.3) is 10.4 Å². The van der Waals surface area contributed by atoms with Crippen molar-refractivity contribution in [2.24, 2.45) is 10.1 Å². The van der Waals surface area contributed by atoms with Crippen LogP contribution in [0, 0.1) is 0 Å². The first-order valence-corrected chi connectivity index (χ1v) is 13.1. The molecule has 0 radical (unpaired) electrons. The highest BCUT2D eigenvalue weighted by Crippen LogP contribution is 2.35. The van der Waals surface area contributed by atoms with Gasteiger partial charge in [0.15, 0.2) is 5.54 Å². The predicted molar refractivity (Wildman–Crippen MR) is 151 cm³/mol. The van der Waals surface area contributed by atoms with Crippen LogP contribution in [-0.2, 0) is 22.4 Å². The maximum atomic E-state index is 13.8. The number of halogens is 1. The predicted octanol–water partition coefficient (Wildman–Crippen LogP) is 5.55. The summed E-state index contributed by atoms with van der Waals surface area (Å²) in [5.74, 6) is 0.727. The summed E-state index contributed by atoms with van der Waals surface area (Å²) >= 11 is 5.99. The first kappa shape index (κ1) is 28.0. The van der Waals surface area contributed by atoms with Crippen LogP contribution in [-0.4, -0.2) is 48.3 Å². The third-order valence-electron chi connectivity index (χ3n) is 6.54. The Morgan fingerprint density at radius 2 is 1.92 bits per heavy atom. The Morgan fingerprint density at radius 1 is 1.18 bits per heavy atom. The van der Waals surface area contributed by atoms with E-state index in [1.54, 1.807) is 24.3 Å². The second-order valence-corrected chi connectivity index (χ2v) is 9.62. The van der Waals surface area contributed by atoms with Crippen LogP contribution < -0.4 is 10.1 Å². The molecule has 2 N–H and O–H groups in total. The van der Waals surface area contributed by atoms with E-state index in [2.05, 4.69) is 15.3 Å². The lowest BCUT2D eigenvalue weighted by Gasteiger charge is -2.28. The summed E-state index contributed by atoms with van der Waals surface area (Å²) in [5, 5.41) is 16.5. The van der Waals surface area contributed by atoms with Gasteiger partial charge in [0, 0.05) is 47.2 Å². The van der Waals surface area contributed by atoms with Crippen LogP contribution in [0.2, 0.25) is 5.02 Å². The second-order valence-electron chi connectivity index (χ2n) is 9.18. The van der Waals surface area contributed by atoms with Crippen LogP contribution in [0.15, 0.2) is 82.9 Å². The minimum atomic E-state index is -1.29. The van der Waals surface area contributed by atoms with Gasteiger partial charge >= 0.3 is 0 Å². The van der Waals surface area contributed by atoms with Gasteiger partial charge < -0.3 is 19.9 Å². The lowest BCUT2D eigenvalue weighted by atomic mass is 9.85. The SMILES string of the molecule is C[C@H]1OC(c2ccc(OCCCO)cc2)=N[C@@]1(Cc1ccccc1N=[N+]=[N-])C(=O)NCCc1ccc(Cl)cc1. The standard InChI is InChI=1S/C29H30ClN5O4/c1-20-29(19-23-5-2-3-6-26(23)34-35-31,28(37)32-16-15-21-7-11-24(30)12-8-21)33-27(39-20)22-9-13-25(14-10-22)38-18-4-17-36/h2-3,5-14,20,36H,4,15-19H2,1H3,(H,32,37)/t20-,29-/m1/s1. The molecule has 202 valence electrons. The number of nitrogens with one attached hydrogen (secondary N) is 1. The van der Waals surface area contributed by atoms with Gasteiger partial charge in [0.25, 0.3) is 5.91 Å². The Bertz CT molecular complexity index is 1360. The molecule has 0 spiro atoms. The highest BCUT2D eigenvalue weighted by Gasteiger charge is 2.50. The minimum Gasteiger partial charge on any atom is -0.494 e. The van der Waals surface area contributed by atoms with Crippen LogP contribution in [0.5, 0.6) is 5.75 Å².